The van der Waals surface area contributed by atoms with Crippen molar-refractivity contribution >= 4 is 5.95 Å². The molecule has 5 nitrogen and oxygen atoms in total. The third-order valence-electron chi connectivity index (χ3n) is 3.88. The molecular formula is C15H20N4O. The molecule has 0 spiro atoms. The van der Waals surface area contributed by atoms with E-state index < -0.39 is 0 Å². The summed E-state index contributed by atoms with van der Waals surface area (Å²) in [5, 5.41) is 8.67. The molecule has 1 unspecified atom stereocenters. The maximum atomic E-state index is 5.55. The zero-order valence-electron chi connectivity index (χ0n) is 12.0. The van der Waals surface area contributed by atoms with Gasteiger partial charge in [-0.25, -0.2) is 4.98 Å². The summed E-state index contributed by atoms with van der Waals surface area (Å²) in [5.41, 5.74) is 2.06. The van der Waals surface area contributed by atoms with Gasteiger partial charge in [0.25, 0.3) is 0 Å². The third-order valence-corrected chi connectivity index (χ3v) is 3.88. The normalized spacial score (nSPS) is 18.7. The maximum absolute atomic E-state index is 5.55. The molecule has 3 heterocycles. The zero-order valence-corrected chi connectivity index (χ0v) is 12.0. The lowest BCUT2D eigenvalue weighted by atomic mass is 10.2. The fourth-order valence-corrected chi connectivity index (χ4v) is 2.83. The average molecular weight is 272 g/mol. The Bertz CT molecular complexity index is 567. The van der Waals surface area contributed by atoms with Gasteiger partial charge in [0, 0.05) is 6.54 Å². The lowest BCUT2D eigenvalue weighted by molar-refractivity contribution is 0.462. The SMILES string of the molecule is CCc1nnc(N2CCCC2c2ccco2)nc1CC. The van der Waals surface area contributed by atoms with Crippen LogP contribution in [0.2, 0.25) is 0 Å². The minimum atomic E-state index is 0.240. The summed E-state index contributed by atoms with van der Waals surface area (Å²) < 4.78 is 5.55. The average Bonchev–Trinajstić information content (AvgIpc) is 3.16. The molecule has 0 bridgehead atoms. The van der Waals surface area contributed by atoms with E-state index in [0.717, 1.165) is 55.3 Å². The molecule has 0 N–H and O–H groups in total. The molecule has 0 saturated carbocycles. The van der Waals surface area contributed by atoms with Crippen molar-refractivity contribution in [3.63, 3.8) is 0 Å². The molecule has 1 fully saturated rings. The molecule has 106 valence electrons. The fraction of sp³-hybridized carbons (Fsp3) is 0.533. The minimum absolute atomic E-state index is 0.240. The van der Waals surface area contributed by atoms with Crippen LogP contribution in [0.1, 0.15) is 49.9 Å². The van der Waals surface area contributed by atoms with Crippen LogP contribution in [-0.4, -0.2) is 21.7 Å². The van der Waals surface area contributed by atoms with E-state index in [4.69, 9.17) is 9.40 Å². The van der Waals surface area contributed by atoms with Gasteiger partial charge in [-0.2, -0.15) is 5.10 Å². The number of rotatable bonds is 4. The van der Waals surface area contributed by atoms with Gasteiger partial charge in [-0.15, -0.1) is 5.10 Å². The first kappa shape index (κ1) is 13.1. The molecule has 1 aliphatic heterocycles. The van der Waals surface area contributed by atoms with E-state index >= 15 is 0 Å². The minimum Gasteiger partial charge on any atom is -0.467 e. The molecule has 5 heteroatoms. The zero-order chi connectivity index (χ0) is 13.9. The van der Waals surface area contributed by atoms with Gasteiger partial charge in [0.05, 0.1) is 23.7 Å². The summed E-state index contributed by atoms with van der Waals surface area (Å²) in [5.74, 6) is 1.72. The van der Waals surface area contributed by atoms with Gasteiger partial charge in [-0.05, 0) is 37.8 Å². The van der Waals surface area contributed by atoms with E-state index in [0.29, 0.717) is 0 Å². The Hall–Kier alpha value is -1.91. The Morgan fingerprint density at radius 1 is 1.25 bits per heavy atom. The summed E-state index contributed by atoms with van der Waals surface area (Å²) in [4.78, 5) is 6.93. The second-order valence-corrected chi connectivity index (χ2v) is 5.08. The number of anilines is 1. The first-order valence-corrected chi connectivity index (χ1v) is 7.36. The number of hydrogen-bond donors (Lipinski definition) is 0. The summed E-state index contributed by atoms with van der Waals surface area (Å²) in [6.07, 6.45) is 5.71. The number of nitrogens with zero attached hydrogens (tertiary/aromatic N) is 4. The number of aromatic nitrogens is 3. The molecule has 3 rings (SSSR count). The molecule has 0 amide bonds. The van der Waals surface area contributed by atoms with Crippen LogP contribution in [-0.2, 0) is 12.8 Å². The first-order chi connectivity index (χ1) is 9.83. The predicted molar refractivity (Wildman–Crippen MR) is 76.6 cm³/mol. The highest BCUT2D eigenvalue weighted by atomic mass is 16.3. The van der Waals surface area contributed by atoms with Crippen molar-refractivity contribution in [2.75, 3.05) is 11.4 Å². The molecule has 0 radical (unpaired) electrons. The Morgan fingerprint density at radius 2 is 2.10 bits per heavy atom. The monoisotopic (exact) mass is 272 g/mol. The van der Waals surface area contributed by atoms with Gasteiger partial charge in [-0.3, -0.25) is 0 Å². The topological polar surface area (TPSA) is 55.1 Å². The van der Waals surface area contributed by atoms with Crippen LogP contribution < -0.4 is 4.90 Å². The second-order valence-electron chi connectivity index (χ2n) is 5.08. The highest BCUT2D eigenvalue weighted by Crippen LogP contribution is 2.34. The van der Waals surface area contributed by atoms with E-state index in [1.807, 2.05) is 12.1 Å². The summed E-state index contributed by atoms with van der Waals surface area (Å²) >= 11 is 0. The predicted octanol–water partition coefficient (Wildman–Crippen LogP) is 2.93. The van der Waals surface area contributed by atoms with Crippen molar-refractivity contribution in [2.24, 2.45) is 0 Å². The Labute approximate surface area is 119 Å². The molecule has 1 aliphatic rings. The van der Waals surface area contributed by atoms with Crippen LogP contribution in [0.4, 0.5) is 5.95 Å². The number of hydrogen-bond acceptors (Lipinski definition) is 5. The van der Waals surface area contributed by atoms with Crippen molar-refractivity contribution in [2.45, 2.75) is 45.6 Å². The molecule has 1 saturated heterocycles. The van der Waals surface area contributed by atoms with E-state index in [1.54, 1.807) is 6.26 Å². The van der Waals surface area contributed by atoms with Gasteiger partial charge in [0.1, 0.15) is 5.76 Å². The van der Waals surface area contributed by atoms with Crippen molar-refractivity contribution < 1.29 is 4.42 Å². The smallest absolute Gasteiger partial charge is 0.246 e. The van der Waals surface area contributed by atoms with E-state index in [-0.39, 0.29) is 6.04 Å². The van der Waals surface area contributed by atoms with Crippen LogP contribution in [0.3, 0.4) is 0 Å². The molecule has 0 aliphatic carbocycles. The van der Waals surface area contributed by atoms with Gasteiger partial charge in [0.2, 0.25) is 5.95 Å². The van der Waals surface area contributed by atoms with Crippen molar-refractivity contribution in [3.8, 4) is 0 Å². The van der Waals surface area contributed by atoms with E-state index in [1.165, 1.54) is 0 Å². The highest BCUT2D eigenvalue weighted by Gasteiger charge is 2.30. The lowest BCUT2D eigenvalue weighted by Crippen LogP contribution is -2.25. The standard InChI is InChI=1S/C15H20N4O/c1-3-11-12(4-2)17-18-15(16-11)19-9-5-7-13(19)14-8-6-10-20-14/h6,8,10,13H,3-5,7,9H2,1-2H3. The molecule has 2 aromatic heterocycles. The maximum Gasteiger partial charge on any atom is 0.246 e. The van der Waals surface area contributed by atoms with Gasteiger partial charge < -0.3 is 9.32 Å². The highest BCUT2D eigenvalue weighted by molar-refractivity contribution is 5.36. The number of aryl methyl sites for hydroxylation is 2. The molecule has 1 atom stereocenters. The van der Waals surface area contributed by atoms with E-state index in [2.05, 4.69) is 28.9 Å². The van der Waals surface area contributed by atoms with Gasteiger partial charge >= 0.3 is 0 Å². The largest absolute Gasteiger partial charge is 0.467 e. The molecule has 20 heavy (non-hydrogen) atoms. The van der Waals surface area contributed by atoms with Gasteiger partial charge in [0.15, 0.2) is 0 Å². The molecular weight excluding hydrogens is 252 g/mol. The second kappa shape index (κ2) is 5.61. The van der Waals surface area contributed by atoms with Crippen LogP contribution in [0, 0.1) is 0 Å². The molecule has 2 aromatic rings. The van der Waals surface area contributed by atoms with Gasteiger partial charge in [-0.1, -0.05) is 13.8 Å². The first-order valence-electron chi connectivity index (χ1n) is 7.36. The molecule has 0 aromatic carbocycles. The summed E-state index contributed by atoms with van der Waals surface area (Å²) in [6, 6.07) is 4.20. The van der Waals surface area contributed by atoms with E-state index in [9.17, 15) is 0 Å². The van der Waals surface area contributed by atoms with Crippen LogP contribution >= 0.6 is 0 Å². The quantitative estimate of drug-likeness (QED) is 0.856. The Morgan fingerprint density at radius 3 is 2.80 bits per heavy atom. The third kappa shape index (κ3) is 2.28. The summed E-state index contributed by atoms with van der Waals surface area (Å²) in [6.45, 7) is 5.16. The summed E-state index contributed by atoms with van der Waals surface area (Å²) in [7, 11) is 0. The number of furan rings is 1. The van der Waals surface area contributed by atoms with Crippen LogP contribution in [0.25, 0.3) is 0 Å². The Kier molecular flexibility index (Phi) is 3.67. The Balaban J connectivity index is 1.91. The van der Waals surface area contributed by atoms with Crippen molar-refractivity contribution in [1.82, 2.24) is 15.2 Å². The van der Waals surface area contributed by atoms with Crippen LogP contribution in [0.5, 0.6) is 0 Å². The van der Waals surface area contributed by atoms with Crippen molar-refractivity contribution in [1.29, 1.82) is 0 Å². The lowest BCUT2D eigenvalue weighted by Gasteiger charge is -2.23. The van der Waals surface area contributed by atoms with Crippen molar-refractivity contribution in [3.05, 3.63) is 35.5 Å². The van der Waals surface area contributed by atoms with Crippen LogP contribution in [0.15, 0.2) is 22.8 Å². The fourth-order valence-electron chi connectivity index (χ4n) is 2.83.